The van der Waals surface area contributed by atoms with Gasteiger partial charge in [-0.15, -0.1) is 0 Å². The number of benzene rings is 1. The average molecular weight is 438 g/mol. The highest BCUT2D eigenvalue weighted by atomic mass is 16.5. The van der Waals surface area contributed by atoms with Gasteiger partial charge in [0, 0.05) is 18.7 Å². The van der Waals surface area contributed by atoms with Crippen molar-refractivity contribution >= 4 is 5.96 Å². The Morgan fingerprint density at radius 1 is 1.22 bits per heavy atom. The summed E-state index contributed by atoms with van der Waals surface area (Å²) in [4.78, 5) is 11.7. The third kappa shape index (κ3) is 5.47. The van der Waals surface area contributed by atoms with Gasteiger partial charge in [-0.1, -0.05) is 0 Å². The number of nitrogens with one attached hydrogen (secondary N) is 3. The van der Waals surface area contributed by atoms with Crippen LogP contribution >= 0.6 is 0 Å². The number of rotatable bonds is 9. The third-order valence-electron chi connectivity index (χ3n) is 5.53. The minimum atomic E-state index is 0.184. The zero-order valence-corrected chi connectivity index (χ0v) is 18.7. The first-order valence-corrected chi connectivity index (χ1v) is 11.1. The van der Waals surface area contributed by atoms with Crippen LogP contribution in [0.5, 0.6) is 5.75 Å². The average Bonchev–Trinajstić information content (AvgIpc) is 3.61. The van der Waals surface area contributed by atoms with Crippen molar-refractivity contribution in [3.8, 4) is 17.1 Å². The van der Waals surface area contributed by atoms with Crippen molar-refractivity contribution in [2.75, 3.05) is 33.3 Å². The van der Waals surface area contributed by atoms with Gasteiger partial charge in [-0.3, -0.25) is 10.00 Å². The molecule has 1 aliphatic heterocycles. The Labute approximate surface area is 188 Å². The second kappa shape index (κ2) is 10.8. The molecule has 1 unspecified atom stereocenters. The number of hydrogen-bond acceptors (Lipinski definition) is 6. The first-order chi connectivity index (χ1) is 15.8. The monoisotopic (exact) mass is 437 g/mol. The highest BCUT2D eigenvalue weighted by Crippen LogP contribution is 2.25. The molecule has 9 nitrogen and oxygen atoms in total. The lowest BCUT2D eigenvalue weighted by molar-refractivity contribution is 0.215. The zero-order chi connectivity index (χ0) is 22.2. The predicted molar refractivity (Wildman–Crippen MR) is 123 cm³/mol. The van der Waals surface area contributed by atoms with Crippen LogP contribution in [0.3, 0.4) is 0 Å². The lowest BCUT2D eigenvalue weighted by Crippen LogP contribution is -2.42. The Kier molecular flexibility index (Phi) is 7.39. The maximum Gasteiger partial charge on any atom is 0.191 e. The van der Waals surface area contributed by atoms with Crippen LogP contribution in [0.15, 0.2) is 52.1 Å². The summed E-state index contributed by atoms with van der Waals surface area (Å²) >= 11 is 0. The van der Waals surface area contributed by atoms with Crippen LogP contribution in [0.4, 0.5) is 0 Å². The van der Waals surface area contributed by atoms with Gasteiger partial charge >= 0.3 is 0 Å². The SMILES string of the molecule is CCNC(=NCc1nc(-c2ccc(OC)cc2)n[nH]1)NCC(c1ccco1)N1CCCC1. The smallest absolute Gasteiger partial charge is 0.191 e. The minimum absolute atomic E-state index is 0.184. The van der Waals surface area contributed by atoms with Crippen LogP contribution in [0.25, 0.3) is 11.4 Å². The molecule has 170 valence electrons. The molecule has 9 heteroatoms. The number of furan rings is 1. The molecule has 3 aromatic rings. The van der Waals surface area contributed by atoms with Gasteiger partial charge in [-0.05, 0) is 69.3 Å². The van der Waals surface area contributed by atoms with E-state index in [2.05, 4.69) is 42.6 Å². The Morgan fingerprint density at radius 3 is 2.72 bits per heavy atom. The number of H-pyrrole nitrogens is 1. The molecule has 0 amide bonds. The molecule has 3 heterocycles. The van der Waals surface area contributed by atoms with E-state index >= 15 is 0 Å². The molecule has 0 saturated carbocycles. The molecule has 3 N–H and O–H groups in total. The molecule has 32 heavy (non-hydrogen) atoms. The third-order valence-corrected chi connectivity index (χ3v) is 5.53. The van der Waals surface area contributed by atoms with Gasteiger partial charge in [-0.25, -0.2) is 9.98 Å². The molecule has 1 atom stereocenters. The number of aliphatic imine (C=N–C) groups is 1. The van der Waals surface area contributed by atoms with Gasteiger partial charge in [0.15, 0.2) is 11.8 Å². The molecule has 0 bridgehead atoms. The molecule has 0 radical (unpaired) electrons. The van der Waals surface area contributed by atoms with Gasteiger partial charge in [-0.2, -0.15) is 5.10 Å². The van der Waals surface area contributed by atoms with Crippen molar-refractivity contribution in [3.05, 3.63) is 54.2 Å². The number of hydrogen-bond donors (Lipinski definition) is 3. The van der Waals surface area contributed by atoms with E-state index in [-0.39, 0.29) is 6.04 Å². The topological polar surface area (TPSA) is 104 Å². The van der Waals surface area contributed by atoms with E-state index in [4.69, 9.17) is 9.15 Å². The van der Waals surface area contributed by atoms with Gasteiger partial charge in [0.25, 0.3) is 0 Å². The van der Waals surface area contributed by atoms with Gasteiger partial charge in [0.1, 0.15) is 23.9 Å². The summed E-state index contributed by atoms with van der Waals surface area (Å²) in [5.41, 5.74) is 0.925. The van der Waals surface area contributed by atoms with Crippen LogP contribution < -0.4 is 15.4 Å². The molecule has 2 aromatic heterocycles. The molecule has 0 spiro atoms. The van der Waals surface area contributed by atoms with Crippen molar-refractivity contribution in [2.24, 2.45) is 4.99 Å². The quantitative estimate of drug-likeness (QED) is 0.349. The van der Waals surface area contributed by atoms with Crippen LogP contribution in [-0.4, -0.2) is 59.3 Å². The normalized spacial score (nSPS) is 15.6. The van der Waals surface area contributed by atoms with Crippen LogP contribution in [0.1, 0.15) is 37.4 Å². The van der Waals surface area contributed by atoms with E-state index in [9.17, 15) is 0 Å². The number of ether oxygens (including phenoxy) is 1. The van der Waals surface area contributed by atoms with Gasteiger partial charge in [0.05, 0.1) is 19.4 Å². The van der Waals surface area contributed by atoms with Crippen molar-refractivity contribution < 1.29 is 9.15 Å². The Hall–Kier alpha value is -3.33. The molecule has 1 saturated heterocycles. The Bertz CT molecular complexity index is 976. The van der Waals surface area contributed by atoms with Crippen molar-refractivity contribution in [3.63, 3.8) is 0 Å². The van der Waals surface area contributed by atoms with Gasteiger partial charge < -0.3 is 19.8 Å². The van der Waals surface area contributed by atoms with Crippen molar-refractivity contribution in [1.29, 1.82) is 0 Å². The van der Waals surface area contributed by atoms with Crippen molar-refractivity contribution in [2.45, 2.75) is 32.4 Å². The fourth-order valence-electron chi connectivity index (χ4n) is 3.87. The summed E-state index contributed by atoms with van der Waals surface area (Å²) in [7, 11) is 1.65. The van der Waals surface area contributed by atoms with Crippen LogP contribution in [0.2, 0.25) is 0 Å². The number of aromatic amines is 1. The minimum Gasteiger partial charge on any atom is -0.497 e. The summed E-state index contributed by atoms with van der Waals surface area (Å²) in [6.45, 7) is 6.12. The van der Waals surface area contributed by atoms with E-state index in [0.717, 1.165) is 42.7 Å². The summed E-state index contributed by atoms with van der Waals surface area (Å²) < 4.78 is 10.9. The lowest BCUT2D eigenvalue weighted by Gasteiger charge is -2.26. The molecule has 4 rings (SSSR count). The second-order valence-electron chi connectivity index (χ2n) is 7.68. The zero-order valence-electron chi connectivity index (χ0n) is 18.7. The Balaban J connectivity index is 1.40. The first kappa shape index (κ1) is 21.9. The second-order valence-corrected chi connectivity index (χ2v) is 7.68. The Morgan fingerprint density at radius 2 is 2.03 bits per heavy atom. The lowest BCUT2D eigenvalue weighted by atomic mass is 10.2. The number of likely N-dealkylation sites (tertiary alicyclic amines) is 1. The molecule has 1 aromatic carbocycles. The van der Waals surface area contributed by atoms with E-state index < -0.39 is 0 Å². The highest BCUT2D eigenvalue weighted by Gasteiger charge is 2.25. The van der Waals surface area contributed by atoms with Crippen molar-refractivity contribution in [1.82, 2.24) is 30.7 Å². The molecule has 0 aliphatic carbocycles. The summed E-state index contributed by atoms with van der Waals surface area (Å²) in [6, 6.07) is 11.8. The maximum atomic E-state index is 5.72. The summed E-state index contributed by atoms with van der Waals surface area (Å²) in [6.07, 6.45) is 4.20. The molecule has 1 aliphatic rings. The number of methoxy groups -OCH3 is 1. The molecular formula is C23H31N7O2. The van der Waals surface area contributed by atoms with E-state index in [0.29, 0.717) is 24.7 Å². The maximum absolute atomic E-state index is 5.72. The standard InChI is InChI=1S/C23H31N7O2/c1-3-24-23(25-15-19(20-7-6-14-32-20)30-12-4-5-13-30)26-16-21-27-22(29-28-21)17-8-10-18(31-2)11-9-17/h6-11,14,19H,3-5,12-13,15-16H2,1-2H3,(H2,24,25,26)(H,27,28,29). The predicted octanol–water partition coefficient (Wildman–Crippen LogP) is 2.97. The molecule has 1 fully saturated rings. The summed E-state index contributed by atoms with van der Waals surface area (Å²) in [5, 5.41) is 14.1. The fourth-order valence-corrected chi connectivity index (χ4v) is 3.87. The number of aromatic nitrogens is 3. The van der Waals surface area contributed by atoms with E-state index in [1.807, 2.05) is 36.4 Å². The highest BCUT2D eigenvalue weighted by molar-refractivity contribution is 5.79. The first-order valence-electron chi connectivity index (χ1n) is 11.1. The van der Waals surface area contributed by atoms with Gasteiger partial charge in [0.2, 0.25) is 0 Å². The van der Waals surface area contributed by atoms with Crippen LogP contribution in [-0.2, 0) is 6.54 Å². The summed E-state index contributed by atoms with van der Waals surface area (Å²) in [5.74, 6) is 3.87. The van der Waals surface area contributed by atoms with E-state index in [1.165, 1.54) is 12.8 Å². The van der Waals surface area contributed by atoms with Crippen LogP contribution in [0, 0.1) is 0 Å². The molecular weight excluding hydrogens is 406 g/mol. The number of guanidine groups is 1. The number of nitrogens with zero attached hydrogens (tertiary/aromatic N) is 4. The fraction of sp³-hybridized carbons (Fsp3) is 0.435. The van der Waals surface area contributed by atoms with E-state index in [1.54, 1.807) is 13.4 Å². The largest absolute Gasteiger partial charge is 0.497 e.